The SMILES string of the molecule is CCC(Nc1cnn(-c2c(Cl)cccc2Cl)c(=O)c1Br)(C(=O)O)c1ccccc1. The van der Waals surface area contributed by atoms with Crippen molar-refractivity contribution in [2.24, 2.45) is 0 Å². The van der Waals surface area contributed by atoms with Gasteiger partial charge in [-0.2, -0.15) is 9.78 Å². The standard InChI is InChI=1S/C20H16BrCl2N3O3/c1-2-20(19(28)29,12-7-4-3-5-8-12)25-15-11-24-26(18(27)16(15)21)17-13(22)9-6-10-14(17)23/h3-11,25H,2H2,1H3,(H,28,29). The minimum absolute atomic E-state index is 0.110. The molecular formula is C20H16BrCl2N3O3. The Bertz CT molecular complexity index is 1100. The Balaban J connectivity index is 2.12. The van der Waals surface area contributed by atoms with Gasteiger partial charge in [0.25, 0.3) is 5.56 Å². The van der Waals surface area contributed by atoms with Crippen molar-refractivity contribution in [3.05, 3.63) is 85.2 Å². The highest BCUT2D eigenvalue weighted by molar-refractivity contribution is 9.10. The average Bonchev–Trinajstić information content (AvgIpc) is 2.71. The molecule has 3 rings (SSSR count). The molecule has 0 fully saturated rings. The Morgan fingerprint density at radius 2 is 1.79 bits per heavy atom. The van der Waals surface area contributed by atoms with Crippen LogP contribution in [-0.2, 0) is 10.3 Å². The molecule has 0 saturated heterocycles. The number of para-hydroxylation sites is 1. The van der Waals surface area contributed by atoms with Crippen molar-refractivity contribution in [2.75, 3.05) is 5.32 Å². The number of hydrogen-bond donors (Lipinski definition) is 2. The highest BCUT2D eigenvalue weighted by atomic mass is 79.9. The van der Waals surface area contributed by atoms with E-state index in [-0.39, 0.29) is 32.3 Å². The van der Waals surface area contributed by atoms with Gasteiger partial charge in [-0.3, -0.25) is 4.79 Å². The summed E-state index contributed by atoms with van der Waals surface area (Å²) in [6.07, 6.45) is 1.60. The van der Waals surface area contributed by atoms with Crippen molar-refractivity contribution in [1.29, 1.82) is 0 Å². The fourth-order valence-corrected chi connectivity index (χ4v) is 3.94. The quantitative estimate of drug-likeness (QED) is 0.495. The molecule has 1 atom stereocenters. The van der Waals surface area contributed by atoms with Gasteiger partial charge in [0.15, 0.2) is 5.54 Å². The van der Waals surface area contributed by atoms with Gasteiger partial charge >= 0.3 is 5.97 Å². The molecular weight excluding hydrogens is 481 g/mol. The number of carboxylic acids is 1. The number of halogens is 3. The van der Waals surface area contributed by atoms with E-state index in [4.69, 9.17) is 23.2 Å². The summed E-state index contributed by atoms with van der Waals surface area (Å²) in [6.45, 7) is 1.75. The lowest BCUT2D eigenvalue weighted by atomic mass is 9.87. The van der Waals surface area contributed by atoms with Crippen LogP contribution < -0.4 is 10.9 Å². The fourth-order valence-electron chi connectivity index (χ4n) is 3.02. The number of hydrogen-bond acceptors (Lipinski definition) is 4. The molecule has 0 radical (unpaired) electrons. The first-order chi connectivity index (χ1) is 13.8. The second-order valence-corrected chi connectivity index (χ2v) is 7.82. The molecule has 1 unspecified atom stereocenters. The summed E-state index contributed by atoms with van der Waals surface area (Å²) >= 11 is 15.6. The normalized spacial score (nSPS) is 13.0. The molecule has 0 saturated carbocycles. The van der Waals surface area contributed by atoms with Crippen LogP contribution in [0.4, 0.5) is 5.69 Å². The first-order valence-corrected chi connectivity index (χ1v) is 10.2. The molecule has 0 amide bonds. The van der Waals surface area contributed by atoms with E-state index < -0.39 is 17.1 Å². The number of anilines is 1. The van der Waals surface area contributed by atoms with E-state index in [0.717, 1.165) is 4.68 Å². The maximum absolute atomic E-state index is 12.9. The zero-order valence-corrected chi connectivity index (χ0v) is 18.3. The first-order valence-electron chi connectivity index (χ1n) is 8.61. The van der Waals surface area contributed by atoms with E-state index in [1.165, 1.54) is 6.20 Å². The smallest absolute Gasteiger partial charge is 0.334 e. The summed E-state index contributed by atoms with van der Waals surface area (Å²) in [5.41, 5.74) is -0.932. The van der Waals surface area contributed by atoms with Crippen LogP contribution in [0.25, 0.3) is 5.69 Å². The molecule has 2 aromatic carbocycles. The number of aromatic nitrogens is 2. The second-order valence-electron chi connectivity index (χ2n) is 6.21. The van der Waals surface area contributed by atoms with Crippen molar-refractivity contribution in [3.63, 3.8) is 0 Å². The summed E-state index contributed by atoms with van der Waals surface area (Å²) in [5, 5.41) is 17.6. The molecule has 0 spiro atoms. The van der Waals surface area contributed by atoms with Crippen LogP contribution in [0, 0.1) is 0 Å². The minimum atomic E-state index is -1.44. The summed E-state index contributed by atoms with van der Waals surface area (Å²) in [5.74, 6) is -1.07. The molecule has 3 aromatic rings. The van der Waals surface area contributed by atoms with Crippen molar-refractivity contribution in [1.82, 2.24) is 9.78 Å². The molecule has 1 aromatic heterocycles. The van der Waals surface area contributed by atoms with Gasteiger partial charge in [-0.1, -0.05) is 66.5 Å². The third-order valence-electron chi connectivity index (χ3n) is 4.58. The van der Waals surface area contributed by atoms with E-state index in [2.05, 4.69) is 26.3 Å². The average molecular weight is 497 g/mol. The monoisotopic (exact) mass is 495 g/mol. The molecule has 2 N–H and O–H groups in total. The molecule has 0 aliphatic rings. The lowest BCUT2D eigenvalue weighted by Gasteiger charge is -2.31. The fraction of sp³-hybridized carbons (Fsp3) is 0.150. The topological polar surface area (TPSA) is 84.2 Å². The van der Waals surface area contributed by atoms with Crippen LogP contribution >= 0.6 is 39.1 Å². The number of aliphatic carboxylic acids is 1. The summed E-state index contributed by atoms with van der Waals surface area (Å²) in [4.78, 5) is 25.1. The Hall–Kier alpha value is -2.35. The minimum Gasteiger partial charge on any atom is -0.479 e. The predicted octanol–water partition coefficient (Wildman–Crippen LogP) is 5.10. The Morgan fingerprint density at radius 1 is 1.17 bits per heavy atom. The van der Waals surface area contributed by atoms with Gasteiger partial charge in [0.1, 0.15) is 10.2 Å². The molecule has 150 valence electrons. The summed E-state index contributed by atoms with van der Waals surface area (Å²) < 4.78 is 1.18. The van der Waals surface area contributed by atoms with Crippen LogP contribution in [0.2, 0.25) is 10.0 Å². The summed E-state index contributed by atoms with van der Waals surface area (Å²) in [7, 11) is 0. The van der Waals surface area contributed by atoms with Crippen LogP contribution in [0.3, 0.4) is 0 Å². The first kappa shape index (κ1) is 21.4. The third kappa shape index (κ3) is 3.90. The molecule has 0 bridgehead atoms. The molecule has 29 heavy (non-hydrogen) atoms. The maximum Gasteiger partial charge on any atom is 0.334 e. The van der Waals surface area contributed by atoms with Gasteiger partial charge in [-0.25, -0.2) is 4.79 Å². The van der Waals surface area contributed by atoms with Crippen LogP contribution in [0.5, 0.6) is 0 Å². The van der Waals surface area contributed by atoms with Crippen molar-refractivity contribution in [3.8, 4) is 5.69 Å². The van der Waals surface area contributed by atoms with Crippen molar-refractivity contribution < 1.29 is 9.90 Å². The van der Waals surface area contributed by atoms with Gasteiger partial charge in [0.05, 0.1) is 21.9 Å². The van der Waals surface area contributed by atoms with E-state index in [0.29, 0.717) is 5.56 Å². The summed E-state index contributed by atoms with van der Waals surface area (Å²) in [6, 6.07) is 13.6. The second kappa shape index (κ2) is 8.57. The number of carboxylic acid groups (broad SMARTS) is 1. The number of nitrogens with one attached hydrogen (secondary N) is 1. The molecule has 9 heteroatoms. The highest BCUT2D eigenvalue weighted by Crippen LogP contribution is 2.33. The number of benzene rings is 2. The Morgan fingerprint density at radius 3 is 2.34 bits per heavy atom. The molecule has 6 nitrogen and oxygen atoms in total. The van der Waals surface area contributed by atoms with Crippen molar-refractivity contribution >= 4 is 50.8 Å². The zero-order chi connectivity index (χ0) is 21.2. The van der Waals surface area contributed by atoms with Gasteiger partial charge in [0.2, 0.25) is 0 Å². The van der Waals surface area contributed by atoms with Gasteiger partial charge < -0.3 is 10.4 Å². The lowest BCUT2D eigenvalue weighted by molar-refractivity contribution is -0.142. The van der Waals surface area contributed by atoms with Gasteiger partial charge in [0, 0.05) is 0 Å². The number of carbonyl (C=O) groups is 1. The van der Waals surface area contributed by atoms with E-state index >= 15 is 0 Å². The molecule has 0 aliphatic carbocycles. The Kier molecular flexibility index (Phi) is 6.31. The largest absolute Gasteiger partial charge is 0.479 e. The molecule has 0 aliphatic heterocycles. The predicted molar refractivity (Wildman–Crippen MR) is 117 cm³/mol. The zero-order valence-electron chi connectivity index (χ0n) is 15.2. The molecule has 1 heterocycles. The van der Waals surface area contributed by atoms with Crippen LogP contribution in [0.1, 0.15) is 18.9 Å². The van der Waals surface area contributed by atoms with Crippen molar-refractivity contribution in [2.45, 2.75) is 18.9 Å². The number of nitrogens with zero attached hydrogens (tertiary/aromatic N) is 2. The van der Waals surface area contributed by atoms with E-state index in [1.54, 1.807) is 55.5 Å². The number of rotatable bonds is 6. The Labute approximate surface area is 185 Å². The van der Waals surface area contributed by atoms with E-state index in [9.17, 15) is 14.7 Å². The third-order valence-corrected chi connectivity index (χ3v) is 5.95. The van der Waals surface area contributed by atoms with Gasteiger partial charge in [-0.15, -0.1) is 0 Å². The highest BCUT2D eigenvalue weighted by Gasteiger charge is 2.39. The van der Waals surface area contributed by atoms with E-state index in [1.807, 2.05) is 0 Å². The van der Waals surface area contributed by atoms with Crippen LogP contribution in [0.15, 0.2) is 64.0 Å². The maximum atomic E-state index is 12.9. The lowest BCUT2D eigenvalue weighted by Crippen LogP contribution is -2.43. The van der Waals surface area contributed by atoms with Crippen LogP contribution in [-0.4, -0.2) is 20.9 Å². The van der Waals surface area contributed by atoms with Gasteiger partial charge in [-0.05, 0) is 40.0 Å².